The van der Waals surface area contributed by atoms with Crippen molar-refractivity contribution in [3.63, 3.8) is 0 Å². The van der Waals surface area contributed by atoms with E-state index in [9.17, 15) is 9.59 Å². The van der Waals surface area contributed by atoms with Gasteiger partial charge < -0.3 is 20.4 Å². The first-order valence-corrected chi connectivity index (χ1v) is 10.4. The smallest absolute Gasteiger partial charge is 0.251 e. The Kier molecular flexibility index (Phi) is 5.67. The van der Waals surface area contributed by atoms with Crippen LogP contribution < -0.4 is 10.6 Å². The summed E-state index contributed by atoms with van der Waals surface area (Å²) in [4.78, 5) is 27.6. The van der Waals surface area contributed by atoms with Crippen molar-refractivity contribution in [2.24, 2.45) is 11.8 Å². The Balaban J connectivity index is 1.52. The zero-order valence-corrected chi connectivity index (χ0v) is 16.5. The van der Waals surface area contributed by atoms with E-state index in [0.29, 0.717) is 18.0 Å². The summed E-state index contributed by atoms with van der Waals surface area (Å²) in [5.74, 6) is 1.07. The van der Waals surface area contributed by atoms with Crippen LogP contribution in [0.2, 0.25) is 0 Å². The molecule has 0 saturated carbocycles. The predicted molar refractivity (Wildman–Crippen MR) is 108 cm³/mol. The minimum atomic E-state index is -0.208. The van der Waals surface area contributed by atoms with E-state index in [-0.39, 0.29) is 18.4 Å². The van der Waals surface area contributed by atoms with Gasteiger partial charge in [0.2, 0.25) is 5.91 Å². The van der Waals surface area contributed by atoms with Gasteiger partial charge in [-0.25, -0.2) is 0 Å². The summed E-state index contributed by atoms with van der Waals surface area (Å²) >= 11 is 0. The van der Waals surface area contributed by atoms with E-state index in [1.807, 2.05) is 25.1 Å². The van der Waals surface area contributed by atoms with Crippen LogP contribution in [-0.4, -0.2) is 43.1 Å². The van der Waals surface area contributed by atoms with E-state index in [4.69, 9.17) is 4.74 Å². The van der Waals surface area contributed by atoms with Crippen molar-refractivity contribution in [3.05, 3.63) is 35.0 Å². The topological polar surface area (TPSA) is 83.2 Å². The number of hydrogen-bond acceptors (Lipinski definition) is 3. The summed E-state index contributed by atoms with van der Waals surface area (Å²) in [5, 5.41) is 6.54. The molecule has 0 bridgehead atoms. The van der Waals surface area contributed by atoms with Crippen LogP contribution in [0.1, 0.15) is 47.8 Å². The molecule has 3 N–H and O–H groups in total. The normalized spacial score (nSPS) is 20.0. The van der Waals surface area contributed by atoms with Gasteiger partial charge in [-0.15, -0.1) is 0 Å². The molecular weight excluding hydrogens is 354 g/mol. The Bertz CT molecular complexity index is 867. The fourth-order valence-electron chi connectivity index (χ4n) is 4.70. The molecule has 1 saturated heterocycles. The minimum absolute atomic E-state index is 0.00177. The van der Waals surface area contributed by atoms with Crippen molar-refractivity contribution >= 4 is 22.7 Å². The molecule has 2 aliphatic rings. The lowest BCUT2D eigenvalue weighted by atomic mass is 9.75. The summed E-state index contributed by atoms with van der Waals surface area (Å²) in [5.41, 5.74) is 4.39. The van der Waals surface area contributed by atoms with Gasteiger partial charge in [0.05, 0.1) is 6.54 Å². The summed E-state index contributed by atoms with van der Waals surface area (Å²) in [6, 6.07) is 5.79. The molecule has 2 aromatic rings. The summed E-state index contributed by atoms with van der Waals surface area (Å²) in [6.07, 6.45) is 5.70. The number of aromatic nitrogens is 1. The van der Waals surface area contributed by atoms with Crippen molar-refractivity contribution in [3.8, 4) is 0 Å². The molecule has 1 aliphatic heterocycles. The third kappa shape index (κ3) is 3.92. The largest absolute Gasteiger partial charge is 0.381 e. The molecule has 6 heteroatoms. The lowest BCUT2D eigenvalue weighted by molar-refractivity contribution is -0.120. The Labute approximate surface area is 165 Å². The maximum atomic E-state index is 12.5. The fraction of sp³-hybridized carbons (Fsp3) is 0.545. The van der Waals surface area contributed by atoms with Gasteiger partial charge in [0.1, 0.15) is 0 Å². The van der Waals surface area contributed by atoms with Gasteiger partial charge in [-0.1, -0.05) is 0 Å². The van der Waals surface area contributed by atoms with Crippen molar-refractivity contribution in [1.82, 2.24) is 15.6 Å². The SMILES string of the molecule is CCNC(=O)CNC(=O)c1ccc2[nH]c3c(c2c1)CC(C1CCOCC1)CC3. The molecule has 1 unspecified atom stereocenters. The number of H-pyrrole nitrogens is 1. The van der Waals surface area contributed by atoms with Crippen LogP contribution >= 0.6 is 0 Å². The third-order valence-corrected chi connectivity index (χ3v) is 6.20. The van der Waals surface area contributed by atoms with Gasteiger partial charge in [-0.05, 0) is 74.6 Å². The standard InChI is InChI=1S/C22H29N3O3/c1-2-23-21(26)13-24-22(27)16-4-6-20-18(12-16)17-11-15(3-5-19(17)25-20)14-7-9-28-10-8-14/h4,6,12,14-15,25H,2-3,5,7-11,13H2,1H3,(H,23,26)(H,24,27). The molecule has 1 aromatic heterocycles. The molecule has 1 aliphatic carbocycles. The number of ether oxygens (including phenoxy) is 1. The average Bonchev–Trinajstić information content (AvgIpc) is 3.10. The number of carbonyl (C=O) groups excluding carboxylic acids is 2. The van der Waals surface area contributed by atoms with Crippen LogP contribution in [0.15, 0.2) is 18.2 Å². The maximum absolute atomic E-state index is 12.5. The van der Waals surface area contributed by atoms with Crippen molar-refractivity contribution in [2.45, 2.75) is 39.0 Å². The van der Waals surface area contributed by atoms with Gasteiger partial charge in [0.15, 0.2) is 0 Å². The summed E-state index contributed by atoms with van der Waals surface area (Å²) in [7, 11) is 0. The van der Waals surface area contributed by atoms with Crippen molar-refractivity contribution in [1.29, 1.82) is 0 Å². The molecule has 4 rings (SSSR count). The Hall–Kier alpha value is -2.34. The Morgan fingerprint density at radius 2 is 1.96 bits per heavy atom. The van der Waals surface area contributed by atoms with Gasteiger partial charge in [0, 0.05) is 41.9 Å². The average molecular weight is 383 g/mol. The Morgan fingerprint density at radius 1 is 1.14 bits per heavy atom. The molecule has 0 radical (unpaired) electrons. The highest BCUT2D eigenvalue weighted by molar-refractivity contribution is 6.00. The van der Waals surface area contributed by atoms with Crippen molar-refractivity contribution < 1.29 is 14.3 Å². The van der Waals surface area contributed by atoms with Crippen LogP contribution in [0.3, 0.4) is 0 Å². The first-order chi connectivity index (χ1) is 13.7. The molecular formula is C22H29N3O3. The van der Waals surface area contributed by atoms with Gasteiger partial charge in [-0.2, -0.15) is 0 Å². The lowest BCUT2D eigenvalue weighted by Crippen LogP contribution is -2.36. The molecule has 1 aromatic carbocycles. The van der Waals surface area contributed by atoms with Gasteiger partial charge in [-0.3, -0.25) is 9.59 Å². The number of benzene rings is 1. The number of fused-ring (bicyclic) bond motifs is 3. The molecule has 1 fully saturated rings. The van der Waals surface area contributed by atoms with Gasteiger partial charge in [0.25, 0.3) is 5.91 Å². The lowest BCUT2D eigenvalue weighted by Gasteiger charge is -2.33. The van der Waals surface area contributed by atoms with Crippen LogP contribution in [0.25, 0.3) is 10.9 Å². The number of hydrogen-bond donors (Lipinski definition) is 3. The quantitative estimate of drug-likeness (QED) is 0.742. The maximum Gasteiger partial charge on any atom is 0.251 e. The number of carbonyl (C=O) groups is 2. The zero-order chi connectivity index (χ0) is 19.5. The molecule has 28 heavy (non-hydrogen) atoms. The van der Waals surface area contributed by atoms with E-state index in [0.717, 1.165) is 55.7 Å². The fourth-order valence-corrected chi connectivity index (χ4v) is 4.70. The van der Waals surface area contributed by atoms with E-state index in [2.05, 4.69) is 15.6 Å². The second-order valence-corrected chi connectivity index (χ2v) is 7.93. The van der Waals surface area contributed by atoms with E-state index in [1.165, 1.54) is 17.7 Å². The third-order valence-electron chi connectivity index (χ3n) is 6.20. The molecule has 0 spiro atoms. The van der Waals surface area contributed by atoms with Crippen molar-refractivity contribution in [2.75, 3.05) is 26.3 Å². The molecule has 6 nitrogen and oxygen atoms in total. The number of nitrogens with one attached hydrogen (secondary N) is 3. The predicted octanol–water partition coefficient (Wildman–Crippen LogP) is 2.57. The molecule has 2 amide bonds. The second kappa shape index (κ2) is 8.35. The van der Waals surface area contributed by atoms with Gasteiger partial charge >= 0.3 is 0 Å². The van der Waals surface area contributed by atoms with E-state index < -0.39 is 0 Å². The monoisotopic (exact) mass is 383 g/mol. The molecule has 1 atom stereocenters. The highest BCUT2D eigenvalue weighted by Gasteiger charge is 2.29. The second-order valence-electron chi connectivity index (χ2n) is 7.93. The first kappa shape index (κ1) is 19.0. The highest BCUT2D eigenvalue weighted by atomic mass is 16.5. The first-order valence-electron chi connectivity index (χ1n) is 10.4. The minimum Gasteiger partial charge on any atom is -0.381 e. The van der Waals surface area contributed by atoms with Crippen LogP contribution in [0.5, 0.6) is 0 Å². The van der Waals surface area contributed by atoms with Crippen LogP contribution in [0, 0.1) is 11.8 Å². The zero-order valence-electron chi connectivity index (χ0n) is 16.5. The summed E-state index contributed by atoms with van der Waals surface area (Å²) in [6.45, 7) is 4.19. The Morgan fingerprint density at radius 3 is 2.75 bits per heavy atom. The number of aromatic amines is 1. The van der Waals surface area contributed by atoms with Crippen LogP contribution in [0.4, 0.5) is 0 Å². The van der Waals surface area contributed by atoms with E-state index >= 15 is 0 Å². The van der Waals surface area contributed by atoms with E-state index in [1.54, 1.807) is 0 Å². The number of amides is 2. The highest BCUT2D eigenvalue weighted by Crippen LogP contribution is 2.38. The number of likely N-dealkylation sites (N-methyl/N-ethyl adjacent to an activating group) is 1. The number of rotatable bonds is 5. The summed E-state index contributed by atoms with van der Waals surface area (Å²) < 4.78 is 5.53. The number of aryl methyl sites for hydroxylation is 1. The van der Waals surface area contributed by atoms with Crippen LogP contribution in [-0.2, 0) is 22.4 Å². The molecule has 2 heterocycles. The molecule has 150 valence electrons.